The van der Waals surface area contributed by atoms with Gasteiger partial charge in [0.15, 0.2) is 11.5 Å². The number of amides is 1. The molecular formula is C15H11BrClNO3. The Bertz CT molecular complexity index is 705. The number of ether oxygens (including phenoxy) is 2. The number of carbonyl (C=O) groups is 1. The van der Waals surface area contributed by atoms with Crippen molar-refractivity contribution in [1.29, 1.82) is 0 Å². The van der Waals surface area contributed by atoms with Crippen LogP contribution in [-0.2, 0) is 0 Å². The predicted molar refractivity (Wildman–Crippen MR) is 84.5 cm³/mol. The van der Waals surface area contributed by atoms with Gasteiger partial charge in [-0.1, -0.05) is 23.7 Å². The van der Waals surface area contributed by atoms with Gasteiger partial charge >= 0.3 is 0 Å². The summed E-state index contributed by atoms with van der Waals surface area (Å²) in [4.78, 5) is 12.3. The van der Waals surface area contributed by atoms with E-state index < -0.39 is 0 Å². The minimum absolute atomic E-state index is 0.263. The van der Waals surface area contributed by atoms with E-state index in [2.05, 4.69) is 21.2 Å². The second-order valence-corrected chi connectivity index (χ2v) is 5.68. The van der Waals surface area contributed by atoms with Crippen LogP contribution in [0.3, 0.4) is 0 Å². The van der Waals surface area contributed by atoms with Crippen molar-refractivity contribution in [2.45, 2.75) is 0 Å². The zero-order valence-corrected chi connectivity index (χ0v) is 13.2. The van der Waals surface area contributed by atoms with E-state index in [-0.39, 0.29) is 5.91 Å². The molecule has 1 heterocycles. The molecule has 3 rings (SSSR count). The van der Waals surface area contributed by atoms with Gasteiger partial charge in [0.1, 0.15) is 13.2 Å². The summed E-state index contributed by atoms with van der Waals surface area (Å²) in [6, 6.07) is 10.6. The van der Waals surface area contributed by atoms with Crippen molar-refractivity contribution < 1.29 is 14.3 Å². The molecule has 4 nitrogen and oxygen atoms in total. The lowest BCUT2D eigenvalue weighted by Crippen LogP contribution is -2.17. The van der Waals surface area contributed by atoms with Crippen LogP contribution in [0.15, 0.2) is 40.9 Å². The smallest absolute Gasteiger partial charge is 0.255 e. The number of hydrogen-bond acceptors (Lipinski definition) is 3. The van der Waals surface area contributed by atoms with E-state index in [1.807, 2.05) is 24.3 Å². The maximum atomic E-state index is 12.3. The fourth-order valence-electron chi connectivity index (χ4n) is 2.00. The van der Waals surface area contributed by atoms with Gasteiger partial charge in [-0.05, 0) is 40.2 Å². The highest BCUT2D eigenvalue weighted by Crippen LogP contribution is 2.38. The summed E-state index contributed by atoms with van der Waals surface area (Å²) in [7, 11) is 0. The first-order valence-electron chi connectivity index (χ1n) is 6.30. The van der Waals surface area contributed by atoms with E-state index in [1.54, 1.807) is 12.1 Å². The number of para-hydroxylation sites is 1. The van der Waals surface area contributed by atoms with E-state index in [0.29, 0.717) is 41.0 Å². The number of benzene rings is 2. The van der Waals surface area contributed by atoms with Crippen LogP contribution in [0, 0.1) is 0 Å². The lowest BCUT2D eigenvalue weighted by atomic mass is 10.1. The third-order valence-electron chi connectivity index (χ3n) is 2.98. The van der Waals surface area contributed by atoms with Crippen molar-refractivity contribution in [3.05, 3.63) is 51.5 Å². The van der Waals surface area contributed by atoms with Crippen molar-refractivity contribution in [3.63, 3.8) is 0 Å². The first kappa shape index (κ1) is 14.2. The summed E-state index contributed by atoms with van der Waals surface area (Å²) in [5.74, 6) is 0.715. The third-order valence-corrected chi connectivity index (χ3v) is 3.95. The minimum Gasteiger partial charge on any atom is -0.486 e. The molecule has 1 amide bonds. The zero-order valence-electron chi connectivity index (χ0n) is 10.9. The number of rotatable bonds is 2. The van der Waals surface area contributed by atoms with Gasteiger partial charge in [0.2, 0.25) is 0 Å². The van der Waals surface area contributed by atoms with Crippen LogP contribution in [0.1, 0.15) is 10.4 Å². The second-order valence-electron chi connectivity index (χ2n) is 4.42. The van der Waals surface area contributed by atoms with Crippen molar-refractivity contribution in [3.8, 4) is 11.5 Å². The van der Waals surface area contributed by atoms with Crippen LogP contribution in [0.5, 0.6) is 11.5 Å². The van der Waals surface area contributed by atoms with Crippen molar-refractivity contribution in [2.75, 3.05) is 18.5 Å². The Morgan fingerprint density at radius 1 is 1.19 bits per heavy atom. The molecule has 0 saturated carbocycles. The van der Waals surface area contributed by atoms with Crippen LogP contribution in [0.2, 0.25) is 5.02 Å². The van der Waals surface area contributed by atoms with E-state index in [4.69, 9.17) is 21.1 Å². The molecule has 0 saturated heterocycles. The Morgan fingerprint density at radius 2 is 1.95 bits per heavy atom. The summed E-state index contributed by atoms with van der Waals surface area (Å²) in [6.45, 7) is 0.897. The summed E-state index contributed by atoms with van der Waals surface area (Å²) >= 11 is 9.52. The number of nitrogens with one attached hydrogen (secondary N) is 1. The molecular weight excluding hydrogens is 358 g/mol. The van der Waals surface area contributed by atoms with Gasteiger partial charge in [-0.25, -0.2) is 0 Å². The fourth-order valence-corrected chi connectivity index (χ4v) is 2.65. The first-order valence-corrected chi connectivity index (χ1v) is 7.47. The van der Waals surface area contributed by atoms with E-state index >= 15 is 0 Å². The molecule has 6 heteroatoms. The number of carbonyl (C=O) groups excluding carboxylic acids is 1. The Hall–Kier alpha value is -1.72. The number of hydrogen-bond donors (Lipinski definition) is 1. The normalized spacial score (nSPS) is 12.9. The monoisotopic (exact) mass is 367 g/mol. The molecule has 1 N–H and O–H groups in total. The maximum Gasteiger partial charge on any atom is 0.255 e. The van der Waals surface area contributed by atoms with E-state index in [0.717, 1.165) is 4.47 Å². The minimum atomic E-state index is -0.263. The molecule has 1 aliphatic heterocycles. The molecule has 0 aromatic heterocycles. The van der Waals surface area contributed by atoms with E-state index in [1.165, 1.54) is 0 Å². The van der Waals surface area contributed by atoms with Crippen molar-refractivity contribution in [1.82, 2.24) is 0 Å². The lowest BCUT2D eigenvalue weighted by molar-refractivity contribution is 0.102. The van der Waals surface area contributed by atoms with Crippen molar-refractivity contribution >= 4 is 39.1 Å². The fraction of sp³-hybridized carbons (Fsp3) is 0.133. The van der Waals surface area contributed by atoms with Gasteiger partial charge in [-0.3, -0.25) is 4.79 Å². The topological polar surface area (TPSA) is 47.6 Å². The van der Waals surface area contributed by atoms with E-state index in [9.17, 15) is 4.79 Å². The average Bonchev–Trinajstić information content (AvgIpc) is 2.49. The lowest BCUT2D eigenvalue weighted by Gasteiger charge is -2.20. The van der Waals surface area contributed by atoms with Crippen LogP contribution in [0.4, 0.5) is 5.69 Å². The maximum absolute atomic E-state index is 12.3. The van der Waals surface area contributed by atoms with Crippen LogP contribution >= 0.6 is 27.5 Å². The highest BCUT2D eigenvalue weighted by Gasteiger charge is 2.19. The van der Waals surface area contributed by atoms with Gasteiger partial charge in [0.05, 0.1) is 10.7 Å². The standard InChI is InChI=1S/C15H11BrClNO3/c16-10-3-1-2-4-12(10)18-15(19)9-7-11(17)14-13(8-9)20-5-6-21-14/h1-4,7-8H,5-6H2,(H,18,19). The molecule has 0 spiro atoms. The van der Waals surface area contributed by atoms with Crippen LogP contribution in [0.25, 0.3) is 0 Å². The quantitative estimate of drug-likeness (QED) is 0.867. The van der Waals surface area contributed by atoms with Gasteiger partial charge in [0.25, 0.3) is 5.91 Å². The van der Waals surface area contributed by atoms with Gasteiger partial charge in [-0.2, -0.15) is 0 Å². The molecule has 0 fully saturated rings. The molecule has 1 aliphatic rings. The molecule has 0 radical (unpaired) electrons. The molecule has 2 aromatic carbocycles. The Morgan fingerprint density at radius 3 is 2.76 bits per heavy atom. The highest BCUT2D eigenvalue weighted by atomic mass is 79.9. The highest BCUT2D eigenvalue weighted by molar-refractivity contribution is 9.10. The van der Waals surface area contributed by atoms with Crippen molar-refractivity contribution in [2.24, 2.45) is 0 Å². The summed E-state index contributed by atoms with van der Waals surface area (Å²) in [6.07, 6.45) is 0. The Balaban J connectivity index is 1.88. The zero-order chi connectivity index (χ0) is 14.8. The molecule has 0 atom stereocenters. The summed E-state index contributed by atoms with van der Waals surface area (Å²) < 4.78 is 11.7. The first-order chi connectivity index (χ1) is 10.1. The molecule has 0 unspecified atom stereocenters. The second kappa shape index (κ2) is 5.95. The third kappa shape index (κ3) is 2.99. The number of anilines is 1. The van der Waals surface area contributed by atoms with Crippen LogP contribution in [-0.4, -0.2) is 19.1 Å². The molecule has 0 bridgehead atoms. The summed E-state index contributed by atoms with van der Waals surface area (Å²) in [5.41, 5.74) is 1.11. The molecule has 0 aliphatic carbocycles. The van der Waals surface area contributed by atoms with Gasteiger partial charge in [0, 0.05) is 10.0 Å². The Kier molecular flexibility index (Phi) is 4.03. The van der Waals surface area contributed by atoms with Gasteiger partial charge in [-0.15, -0.1) is 0 Å². The summed E-state index contributed by atoms with van der Waals surface area (Å²) in [5, 5.41) is 3.18. The SMILES string of the molecule is O=C(Nc1ccccc1Br)c1cc(Cl)c2c(c1)OCCO2. The van der Waals surface area contributed by atoms with Crippen LogP contribution < -0.4 is 14.8 Å². The predicted octanol–water partition coefficient (Wildman–Crippen LogP) is 4.13. The molecule has 21 heavy (non-hydrogen) atoms. The average molecular weight is 369 g/mol. The molecule has 2 aromatic rings. The van der Waals surface area contributed by atoms with Gasteiger partial charge < -0.3 is 14.8 Å². The number of halogens is 2. The Labute approximate surface area is 135 Å². The number of fused-ring (bicyclic) bond motifs is 1. The largest absolute Gasteiger partial charge is 0.486 e. The molecule has 108 valence electrons.